The zero-order valence-electron chi connectivity index (χ0n) is 12.1. The van der Waals surface area contributed by atoms with Gasteiger partial charge in [0.2, 0.25) is 0 Å². The number of nitrogens with zero attached hydrogens (tertiary/aromatic N) is 2. The van der Waals surface area contributed by atoms with E-state index >= 15 is 0 Å². The van der Waals surface area contributed by atoms with E-state index in [-0.39, 0.29) is 10.3 Å². The Bertz CT molecular complexity index is 619. The van der Waals surface area contributed by atoms with Crippen LogP contribution < -0.4 is 9.47 Å². The van der Waals surface area contributed by atoms with Crippen molar-refractivity contribution >= 4 is 33.5 Å². The van der Waals surface area contributed by atoms with Crippen LogP contribution in [0.4, 0.5) is 0 Å². The van der Waals surface area contributed by atoms with E-state index in [9.17, 15) is 0 Å². The lowest BCUT2D eigenvalue weighted by molar-refractivity contribution is 0.414. The second-order valence-corrected chi connectivity index (χ2v) is 4.95. The maximum absolute atomic E-state index is 6.10. The zero-order valence-corrected chi connectivity index (χ0v) is 13.6. The van der Waals surface area contributed by atoms with Gasteiger partial charge in [-0.2, -0.15) is 0 Å². The van der Waals surface area contributed by atoms with E-state index in [0.29, 0.717) is 0 Å². The molecule has 0 spiro atoms. The summed E-state index contributed by atoms with van der Waals surface area (Å²) in [6.07, 6.45) is 0. The second kappa shape index (κ2) is 7.82. The molecule has 2 rings (SSSR count). The van der Waals surface area contributed by atoms with Gasteiger partial charge in [-0.1, -0.05) is 23.2 Å². The van der Waals surface area contributed by atoms with Crippen molar-refractivity contribution in [2.45, 2.75) is 0 Å². The summed E-state index contributed by atoms with van der Waals surface area (Å²) in [5.74, 6) is 1.49. The number of hydrogen-bond donors (Lipinski definition) is 0. The molecule has 114 valence electrons. The maximum atomic E-state index is 6.10. The molecule has 0 saturated carbocycles. The first-order valence-electron chi connectivity index (χ1n) is 6.39. The highest BCUT2D eigenvalue weighted by molar-refractivity contribution is 6.71. The van der Waals surface area contributed by atoms with E-state index in [4.69, 9.17) is 32.7 Å². The number of halogens is 2. The van der Waals surface area contributed by atoms with Gasteiger partial charge in [-0.15, -0.1) is 10.2 Å². The van der Waals surface area contributed by atoms with E-state index in [2.05, 4.69) is 10.2 Å². The highest BCUT2D eigenvalue weighted by atomic mass is 35.5. The van der Waals surface area contributed by atoms with Gasteiger partial charge in [0.1, 0.15) is 11.5 Å². The van der Waals surface area contributed by atoms with Crippen LogP contribution in [0.3, 0.4) is 0 Å². The van der Waals surface area contributed by atoms with Crippen molar-refractivity contribution in [1.29, 1.82) is 0 Å². The summed E-state index contributed by atoms with van der Waals surface area (Å²) in [6.45, 7) is 0. The SMILES string of the molecule is COc1ccc(/C(Cl)=N/N=C(\Cl)c2ccc(OC)cc2)cc1. The molecule has 0 N–H and O–H groups in total. The summed E-state index contributed by atoms with van der Waals surface area (Å²) >= 11 is 12.2. The first-order chi connectivity index (χ1) is 10.6. The molecule has 0 aliphatic carbocycles. The van der Waals surface area contributed by atoms with Crippen molar-refractivity contribution in [3.63, 3.8) is 0 Å². The standard InChI is InChI=1S/C16H14Cl2N2O2/c1-21-13-7-3-11(4-8-13)15(17)19-20-16(18)12-5-9-14(22-2)10-6-12/h3-10H,1-2H3/b19-15-,20-16-. The summed E-state index contributed by atoms with van der Waals surface area (Å²) in [6, 6.07) is 14.3. The van der Waals surface area contributed by atoms with Crippen LogP contribution in [0.2, 0.25) is 0 Å². The third-order valence-electron chi connectivity index (χ3n) is 2.88. The van der Waals surface area contributed by atoms with E-state index in [1.165, 1.54) is 0 Å². The largest absolute Gasteiger partial charge is 0.497 e. The lowest BCUT2D eigenvalue weighted by Gasteiger charge is -2.01. The molecule has 4 nitrogen and oxygen atoms in total. The topological polar surface area (TPSA) is 43.2 Å². The van der Waals surface area contributed by atoms with Crippen LogP contribution in [0.1, 0.15) is 11.1 Å². The number of methoxy groups -OCH3 is 2. The van der Waals surface area contributed by atoms with Crippen LogP contribution in [-0.2, 0) is 0 Å². The van der Waals surface area contributed by atoms with E-state index < -0.39 is 0 Å². The molecule has 0 radical (unpaired) electrons. The van der Waals surface area contributed by atoms with Gasteiger partial charge in [-0.05, 0) is 48.5 Å². The minimum Gasteiger partial charge on any atom is -0.497 e. The van der Waals surface area contributed by atoms with Gasteiger partial charge in [-0.25, -0.2) is 0 Å². The lowest BCUT2D eigenvalue weighted by Crippen LogP contribution is -1.94. The van der Waals surface area contributed by atoms with E-state index in [1.54, 1.807) is 62.8 Å². The molecular formula is C16H14Cl2N2O2. The molecule has 2 aromatic carbocycles. The molecular weight excluding hydrogens is 323 g/mol. The average Bonchev–Trinajstić information content (AvgIpc) is 2.59. The first-order valence-corrected chi connectivity index (χ1v) is 7.15. The Hall–Kier alpha value is -2.04. The molecule has 0 amide bonds. The quantitative estimate of drug-likeness (QED) is 0.603. The van der Waals surface area contributed by atoms with Crippen LogP contribution in [-0.4, -0.2) is 24.6 Å². The van der Waals surface area contributed by atoms with Crippen molar-refractivity contribution in [1.82, 2.24) is 0 Å². The van der Waals surface area contributed by atoms with Crippen molar-refractivity contribution in [3.8, 4) is 11.5 Å². The van der Waals surface area contributed by atoms with Gasteiger partial charge in [0.25, 0.3) is 0 Å². The number of rotatable bonds is 5. The van der Waals surface area contributed by atoms with Crippen LogP contribution in [0.15, 0.2) is 58.7 Å². The number of ether oxygens (including phenoxy) is 2. The molecule has 0 aliphatic rings. The molecule has 0 unspecified atom stereocenters. The second-order valence-electron chi connectivity index (χ2n) is 4.24. The smallest absolute Gasteiger partial charge is 0.158 e. The van der Waals surface area contributed by atoms with Gasteiger partial charge in [0, 0.05) is 11.1 Å². The molecule has 0 aromatic heterocycles. The zero-order chi connectivity index (χ0) is 15.9. The molecule has 2 aromatic rings. The van der Waals surface area contributed by atoms with Crippen molar-refractivity contribution in [2.75, 3.05) is 14.2 Å². The fraction of sp³-hybridized carbons (Fsp3) is 0.125. The van der Waals surface area contributed by atoms with Gasteiger partial charge < -0.3 is 9.47 Å². The molecule has 0 aliphatic heterocycles. The third-order valence-corrected chi connectivity index (χ3v) is 3.47. The predicted molar refractivity (Wildman–Crippen MR) is 90.8 cm³/mol. The summed E-state index contributed by atoms with van der Waals surface area (Å²) in [5.41, 5.74) is 1.45. The summed E-state index contributed by atoms with van der Waals surface area (Å²) in [7, 11) is 3.20. The van der Waals surface area contributed by atoms with Crippen molar-refractivity contribution in [3.05, 3.63) is 59.7 Å². The fourth-order valence-electron chi connectivity index (χ4n) is 1.66. The lowest BCUT2D eigenvalue weighted by atomic mass is 10.2. The van der Waals surface area contributed by atoms with Gasteiger partial charge >= 0.3 is 0 Å². The van der Waals surface area contributed by atoms with E-state index in [1.807, 2.05) is 0 Å². The Kier molecular flexibility index (Phi) is 5.81. The van der Waals surface area contributed by atoms with Crippen molar-refractivity contribution < 1.29 is 9.47 Å². The third kappa shape index (κ3) is 4.23. The highest BCUT2D eigenvalue weighted by Gasteiger charge is 2.03. The molecule has 0 atom stereocenters. The fourth-order valence-corrected chi connectivity index (χ4v) is 1.99. The number of hydrogen-bond acceptors (Lipinski definition) is 4. The Morgan fingerprint density at radius 2 is 1.00 bits per heavy atom. The average molecular weight is 337 g/mol. The maximum Gasteiger partial charge on any atom is 0.158 e. The first kappa shape index (κ1) is 16.3. The van der Waals surface area contributed by atoms with Gasteiger partial charge in [-0.3, -0.25) is 0 Å². The van der Waals surface area contributed by atoms with Crippen LogP contribution >= 0.6 is 23.2 Å². The Morgan fingerprint density at radius 3 is 1.27 bits per heavy atom. The Balaban J connectivity index is 2.15. The summed E-state index contributed by atoms with van der Waals surface area (Å²) in [5, 5.41) is 8.36. The van der Waals surface area contributed by atoms with Crippen LogP contribution in [0, 0.1) is 0 Å². The van der Waals surface area contributed by atoms with E-state index in [0.717, 1.165) is 22.6 Å². The monoisotopic (exact) mass is 336 g/mol. The van der Waals surface area contributed by atoms with Crippen LogP contribution in [0.5, 0.6) is 11.5 Å². The predicted octanol–water partition coefficient (Wildman–Crippen LogP) is 4.29. The summed E-state index contributed by atoms with van der Waals surface area (Å²) in [4.78, 5) is 0. The normalized spacial score (nSPS) is 12.2. The molecule has 22 heavy (non-hydrogen) atoms. The van der Waals surface area contributed by atoms with Crippen LogP contribution in [0.25, 0.3) is 0 Å². The Labute approximate surface area is 139 Å². The van der Waals surface area contributed by atoms with Gasteiger partial charge in [0.15, 0.2) is 10.3 Å². The molecule has 0 saturated heterocycles. The minimum atomic E-state index is 0.245. The summed E-state index contributed by atoms with van der Waals surface area (Å²) < 4.78 is 10.2. The molecule has 0 bridgehead atoms. The van der Waals surface area contributed by atoms with Gasteiger partial charge in [0.05, 0.1) is 14.2 Å². The highest BCUT2D eigenvalue weighted by Crippen LogP contribution is 2.15. The Morgan fingerprint density at radius 1 is 0.682 bits per heavy atom. The minimum absolute atomic E-state index is 0.245. The molecule has 0 heterocycles. The van der Waals surface area contributed by atoms with Crippen molar-refractivity contribution in [2.24, 2.45) is 10.2 Å². The molecule has 6 heteroatoms. The number of benzene rings is 2. The molecule has 0 fully saturated rings.